The molecular weight excluding hydrogens is 293 g/mol. The summed E-state index contributed by atoms with van der Waals surface area (Å²) in [5.41, 5.74) is 3.20. The van der Waals surface area contributed by atoms with Crippen molar-refractivity contribution in [3.8, 4) is 0 Å². The van der Waals surface area contributed by atoms with E-state index in [9.17, 15) is 4.39 Å². The second kappa shape index (κ2) is 5.53. The van der Waals surface area contributed by atoms with Crippen molar-refractivity contribution in [3.63, 3.8) is 0 Å². The van der Waals surface area contributed by atoms with Crippen LogP contribution in [0.15, 0.2) is 36.8 Å². The Bertz CT molecular complexity index is 860. The summed E-state index contributed by atoms with van der Waals surface area (Å²) in [5.74, 6) is 0.339. The Morgan fingerprint density at radius 3 is 2.70 bits per heavy atom. The van der Waals surface area contributed by atoms with E-state index in [1.165, 1.54) is 6.33 Å². The van der Waals surface area contributed by atoms with Crippen molar-refractivity contribution in [1.29, 1.82) is 0 Å². The van der Waals surface area contributed by atoms with Crippen molar-refractivity contribution in [2.24, 2.45) is 0 Å². The van der Waals surface area contributed by atoms with Gasteiger partial charge in [0.05, 0.1) is 22.4 Å². The lowest BCUT2D eigenvalue weighted by molar-refractivity contribution is 0.488. The quantitative estimate of drug-likeness (QED) is 0.744. The van der Waals surface area contributed by atoms with E-state index >= 15 is 0 Å². The van der Waals surface area contributed by atoms with Crippen molar-refractivity contribution in [2.45, 2.75) is 19.3 Å². The van der Waals surface area contributed by atoms with Crippen LogP contribution in [0.25, 0.3) is 11.0 Å². The summed E-state index contributed by atoms with van der Waals surface area (Å²) in [6.45, 7) is 3.28. The van der Waals surface area contributed by atoms with Crippen LogP contribution in [0.4, 0.5) is 10.2 Å². The van der Waals surface area contributed by atoms with E-state index in [2.05, 4.69) is 19.9 Å². The molecule has 0 unspecified atom stereocenters. The van der Waals surface area contributed by atoms with Gasteiger partial charge in [-0.3, -0.25) is 4.98 Å². The van der Waals surface area contributed by atoms with Crippen molar-refractivity contribution in [3.05, 3.63) is 54.0 Å². The highest BCUT2D eigenvalue weighted by atomic mass is 19.1. The average molecular weight is 309 g/mol. The molecule has 0 atom stereocenters. The highest BCUT2D eigenvalue weighted by Gasteiger charge is 2.32. The van der Waals surface area contributed by atoms with Gasteiger partial charge in [-0.15, -0.1) is 0 Å². The lowest BCUT2D eigenvalue weighted by atomic mass is 9.96. The first-order valence-corrected chi connectivity index (χ1v) is 7.72. The number of fused-ring (bicyclic) bond motifs is 1. The zero-order chi connectivity index (χ0) is 15.8. The number of para-hydroxylation sites is 2. The number of halogens is 1. The van der Waals surface area contributed by atoms with E-state index in [4.69, 9.17) is 0 Å². The normalized spacial score (nSPS) is 15.0. The standard InChI is InChI=1S/C17H16FN5/c1-2-12-16(18)17(21-10-20-12)23-8-11(9-23)15-7-19-13-5-3-4-6-14(13)22-15/h3-7,10-11H,2,8-9H2,1H3. The number of hydrogen-bond donors (Lipinski definition) is 0. The molecule has 4 rings (SSSR count). The summed E-state index contributed by atoms with van der Waals surface area (Å²) in [4.78, 5) is 19.1. The van der Waals surface area contributed by atoms with Crippen LogP contribution in [0.5, 0.6) is 0 Å². The fourth-order valence-corrected chi connectivity index (χ4v) is 2.87. The molecule has 1 aliphatic heterocycles. The summed E-state index contributed by atoms with van der Waals surface area (Å²) in [6.07, 6.45) is 3.81. The average Bonchev–Trinajstić information content (AvgIpc) is 2.55. The Morgan fingerprint density at radius 2 is 1.91 bits per heavy atom. The summed E-state index contributed by atoms with van der Waals surface area (Å²) in [6, 6.07) is 7.81. The number of nitrogens with zero attached hydrogens (tertiary/aromatic N) is 5. The third-order valence-electron chi connectivity index (χ3n) is 4.24. The molecule has 3 heterocycles. The molecule has 0 aliphatic carbocycles. The van der Waals surface area contributed by atoms with Crippen LogP contribution < -0.4 is 4.90 Å². The maximum Gasteiger partial charge on any atom is 0.187 e. The predicted octanol–water partition coefficient (Wildman–Crippen LogP) is 2.73. The Morgan fingerprint density at radius 1 is 1.13 bits per heavy atom. The van der Waals surface area contributed by atoms with Gasteiger partial charge in [0.1, 0.15) is 6.33 Å². The van der Waals surface area contributed by atoms with E-state index in [1.807, 2.05) is 42.3 Å². The van der Waals surface area contributed by atoms with E-state index in [0.717, 1.165) is 16.7 Å². The van der Waals surface area contributed by atoms with Gasteiger partial charge in [-0.2, -0.15) is 0 Å². The number of benzene rings is 1. The van der Waals surface area contributed by atoms with E-state index in [-0.39, 0.29) is 11.7 Å². The molecule has 0 spiro atoms. The summed E-state index contributed by atoms with van der Waals surface area (Å²) in [5, 5.41) is 0. The third kappa shape index (κ3) is 2.40. The fourth-order valence-electron chi connectivity index (χ4n) is 2.87. The smallest absolute Gasteiger partial charge is 0.187 e. The monoisotopic (exact) mass is 309 g/mol. The van der Waals surface area contributed by atoms with Gasteiger partial charge >= 0.3 is 0 Å². The number of aromatic nitrogens is 4. The lowest BCUT2D eigenvalue weighted by Gasteiger charge is -2.39. The molecule has 0 amide bonds. The molecule has 23 heavy (non-hydrogen) atoms. The molecule has 1 aliphatic rings. The van der Waals surface area contributed by atoms with Gasteiger partial charge in [-0.25, -0.2) is 19.3 Å². The number of aryl methyl sites for hydroxylation is 1. The van der Waals surface area contributed by atoms with Gasteiger partial charge in [-0.05, 0) is 18.6 Å². The van der Waals surface area contributed by atoms with Crippen LogP contribution in [-0.4, -0.2) is 33.0 Å². The summed E-state index contributed by atoms with van der Waals surface area (Å²) < 4.78 is 14.3. The highest BCUT2D eigenvalue weighted by Crippen LogP contribution is 2.31. The van der Waals surface area contributed by atoms with Crippen molar-refractivity contribution in [2.75, 3.05) is 18.0 Å². The van der Waals surface area contributed by atoms with E-state index in [1.54, 1.807) is 0 Å². The third-order valence-corrected chi connectivity index (χ3v) is 4.24. The zero-order valence-corrected chi connectivity index (χ0v) is 12.8. The molecule has 0 bridgehead atoms. The fraction of sp³-hybridized carbons (Fsp3) is 0.294. The van der Waals surface area contributed by atoms with Gasteiger partial charge in [0.15, 0.2) is 11.6 Å². The highest BCUT2D eigenvalue weighted by molar-refractivity contribution is 5.73. The van der Waals surface area contributed by atoms with Crippen LogP contribution in [0, 0.1) is 5.82 Å². The first-order valence-electron chi connectivity index (χ1n) is 7.72. The molecule has 2 aromatic heterocycles. The summed E-state index contributed by atoms with van der Waals surface area (Å²) in [7, 11) is 0. The second-order valence-electron chi connectivity index (χ2n) is 5.70. The van der Waals surface area contributed by atoms with E-state index in [0.29, 0.717) is 31.0 Å². The molecule has 5 nitrogen and oxygen atoms in total. The van der Waals surface area contributed by atoms with Gasteiger partial charge < -0.3 is 4.90 Å². The molecule has 6 heteroatoms. The Kier molecular flexibility index (Phi) is 3.37. The molecule has 1 fully saturated rings. The molecule has 116 valence electrons. The lowest BCUT2D eigenvalue weighted by Crippen LogP contribution is -2.46. The van der Waals surface area contributed by atoms with Gasteiger partial charge in [0, 0.05) is 25.2 Å². The van der Waals surface area contributed by atoms with Crippen molar-refractivity contribution < 1.29 is 4.39 Å². The number of hydrogen-bond acceptors (Lipinski definition) is 5. The molecule has 1 saturated heterocycles. The topological polar surface area (TPSA) is 54.8 Å². The largest absolute Gasteiger partial charge is 0.353 e. The molecular formula is C17H16FN5. The van der Waals surface area contributed by atoms with Crippen LogP contribution in [-0.2, 0) is 6.42 Å². The SMILES string of the molecule is CCc1ncnc(N2CC(c3cnc4ccccc4n3)C2)c1F. The molecule has 0 saturated carbocycles. The van der Waals surface area contributed by atoms with Gasteiger partial charge in [0.25, 0.3) is 0 Å². The molecule has 0 radical (unpaired) electrons. The van der Waals surface area contributed by atoms with Crippen molar-refractivity contribution in [1.82, 2.24) is 19.9 Å². The van der Waals surface area contributed by atoms with Crippen molar-refractivity contribution >= 4 is 16.9 Å². The van der Waals surface area contributed by atoms with Gasteiger partial charge in [0.2, 0.25) is 0 Å². The first-order chi connectivity index (χ1) is 11.3. The summed E-state index contributed by atoms with van der Waals surface area (Å²) >= 11 is 0. The Balaban J connectivity index is 1.54. The van der Waals surface area contributed by atoms with Crippen LogP contribution in [0.3, 0.4) is 0 Å². The zero-order valence-electron chi connectivity index (χ0n) is 12.8. The minimum absolute atomic E-state index is 0.256. The minimum atomic E-state index is -0.307. The maximum atomic E-state index is 14.3. The maximum absolute atomic E-state index is 14.3. The van der Waals surface area contributed by atoms with Crippen LogP contribution in [0.2, 0.25) is 0 Å². The molecule has 0 N–H and O–H groups in total. The molecule has 3 aromatic rings. The second-order valence-corrected chi connectivity index (χ2v) is 5.70. The predicted molar refractivity (Wildman–Crippen MR) is 85.9 cm³/mol. The first kappa shape index (κ1) is 14.0. The Labute approximate surface area is 133 Å². The van der Waals surface area contributed by atoms with Gasteiger partial charge in [-0.1, -0.05) is 19.1 Å². The Hall–Kier alpha value is -2.63. The minimum Gasteiger partial charge on any atom is -0.353 e. The van der Waals surface area contributed by atoms with Crippen LogP contribution >= 0.6 is 0 Å². The number of anilines is 1. The molecule has 1 aromatic carbocycles. The van der Waals surface area contributed by atoms with Crippen LogP contribution in [0.1, 0.15) is 24.2 Å². The number of rotatable bonds is 3. The van der Waals surface area contributed by atoms with E-state index < -0.39 is 0 Å².